The highest BCUT2D eigenvalue weighted by molar-refractivity contribution is 6.09. The van der Waals surface area contributed by atoms with Crippen LogP contribution in [0.3, 0.4) is 0 Å². The molecule has 0 heterocycles. The molecule has 1 aliphatic rings. The third-order valence-electron chi connectivity index (χ3n) is 12.1. The average molecular weight is 738 g/mol. The molecule has 0 radical (unpaired) electrons. The molecule has 1 aliphatic carbocycles. The Morgan fingerprint density at radius 3 is 1.33 bits per heavy atom. The first-order valence-electron chi connectivity index (χ1n) is 20.1. The molecule has 0 amide bonds. The predicted molar refractivity (Wildman–Crippen MR) is 244 cm³/mol. The van der Waals surface area contributed by atoms with Crippen LogP contribution in [0.4, 0.5) is 17.1 Å². The molecule has 0 fully saturated rings. The van der Waals surface area contributed by atoms with E-state index in [0.717, 1.165) is 17.1 Å². The molecule has 58 heavy (non-hydrogen) atoms. The minimum absolute atomic E-state index is 0.470. The fraction of sp³-hybridized carbons (Fsp3) is 0.0175. The minimum atomic E-state index is -0.470. The van der Waals surface area contributed by atoms with Crippen LogP contribution in [0.2, 0.25) is 0 Å². The van der Waals surface area contributed by atoms with Gasteiger partial charge in [0.15, 0.2) is 0 Å². The zero-order valence-electron chi connectivity index (χ0n) is 32.0. The Hall–Kier alpha value is -7.48. The molecule has 0 atom stereocenters. The fourth-order valence-electron chi connectivity index (χ4n) is 9.46. The van der Waals surface area contributed by atoms with Gasteiger partial charge < -0.3 is 4.90 Å². The Kier molecular flexibility index (Phi) is 8.12. The van der Waals surface area contributed by atoms with Gasteiger partial charge in [-0.05, 0) is 126 Å². The second-order valence-corrected chi connectivity index (χ2v) is 15.3. The Morgan fingerprint density at radius 1 is 0.276 bits per heavy atom. The van der Waals surface area contributed by atoms with Crippen molar-refractivity contribution in [1.29, 1.82) is 0 Å². The van der Waals surface area contributed by atoms with Crippen LogP contribution in [-0.4, -0.2) is 0 Å². The standard InChI is InChI=1S/C57H39N/c1-5-15-40(16-6-1)42-29-34-51-44(37-42)25-26-45-38-43(30-35-52(45)51)41-27-31-49(32-28-41)58(48-21-11-4-12-22-48)50-33-36-54-53-23-13-14-24-55(53)57(56(54)39-50,46-17-7-2-8-18-46)47-19-9-3-10-20-47/h1-39H. The smallest absolute Gasteiger partial charge is 0.0714 e. The first kappa shape index (κ1) is 33.8. The fourth-order valence-corrected chi connectivity index (χ4v) is 9.46. The van der Waals surface area contributed by atoms with Crippen molar-refractivity contribution in [2.45, 2.75) is 5.41 Å². The third kappa shape index (κ3) is 5.47. The topological polar surface area (TPSA) is 3.24 Å². The molecule has 11 rings (SSSR count). The lowest BCUT2D eigenvalue weighted by atomic mass is 9.67. The lowest BCUT2D eigenvalue weighted by molar-refractivity contribution is 0.768. The van der Waals surface area contributed by atoms with E-state index in [9.17, 15) is 0 Å². The number of rotatable bonds is 7. The van der Waals surface area contributed by atoms with Crippen LogP contribution in [0.5, 0.6) is 0 Å². The molecule has 0 bridgehead atoms. The Bertz CT molecular complexity index is 3040. The van der Waals surface area contributed by atoms with Crippen LogP contribution >= 0.6 is 0 Å². The van der Waals surface area contributed by atoms with E-state index in [0.29, 0.717) is 0 Å². The van der Waals surface area contributed by atoms with Crippen molar-refractivity contribution in [2.24, 2.45) is 0 Å². The van der Waals surface area contributed by atoms with Gasteiger partial charge >= 0.3 is 0 Å². The van der Waals surface area contributed by atoms with E-state index in [1.807, 2.05) is 0 Å². The van der Waals surface area contributed by atoms with Gasteiger partial charge in [-0.1, -0.05) is 188 Å². The predicted octanol–water partition coefficient (Wildman–Crippen LogP) is 15.2. The molecule has 0 N–H and O–H groups in total. The van der Waals surface area contributed by atoms with Crippen molar-refractivity contribution >= 4 is 38.6 Å². The Morgan fingerprint density at radius 2 is 0.724 bits per heavy atom. The van der Waals surface area contributed by atoms with E-state index >= 15 is 0 Å². The van der Waals surface area contributed by atoms with Crippen LogP contribution in [-0.2, 0) is 5.41 Å². The number of para-hydroxylation sites is 1. The summed E-state index contributed by atoms with van der Waals surface area (Å²) in [5.74, 6) is 0. The first-order valence-corrected chi connectivity index (χ1v) is 20.1. The number of nitrogens with zero attached hydrogens (tertiary/aromatic N) is 1. The van der Waals surface area contributed by atoms with E-state index in [4.69, 9.17) is 0 Å². The highest BCUT2D eigenvalue weighted by Crippen LogP contribution is 2.57. The van der Waals surface area contributed by atoms with Gasteiger partial charge in [-0.15, -0.1) is 0 Å². The zero-order chi connectivity index (χ0) is 38.5. The average Bonchev–Trinajstić information content (AvgIpc) is 3.60. The van der Waals surface area contributed by atoms with Crippen LogP contribution in [0.15, 0.2) is 237 Å². The van der Waals surface area contributed by atoms with Crippen molar-refractivity contribution in [3.05, 3.63) is 259 Å². The zero-order valence-corrected chi connectivity index (χ0v) is 32.0. The maximum absolute atomic E-state index is 2.44. The van der Waals surface area contributed by atoms with Crippen molar-refractivity contribution in [2.75, 3.05) is 4.90 Å². The highest BCUT2D eigenvalue weighted by atomic mass is 15.1. The summed E-state index contributed by atoms with van der Waals surface area (Å²) < 4.78 is 0. The molecule has 0 spiro atoms. The van der Waals surface area contributed by atoms with Crippen LogP contribution in [0.1, 0.15) is 22.3 Å². The molecule has 272 valence electrons. The van der Waals surface area contributed by atoms with Gasteiger partial charge in [0.2, 0.25) is 0 Å². The quantitative estimate of drug-likeness (QED) is 0.147. The van der Waals surface area contributed by atoms with Crippen LogP contribution < -0.4 is 4.90 Å². The molecule has 0 aromatic heterocycles. The number of hydrogen-bond acceptors (Lipinski definition) is 1. The first-order chi connectivity index (χ1) is 28.8. The summed E-state index contributed by atoms with van der Waals surface area (Å²) in [5.41, 5.74) is 15.4. The molecule has 0 saturated carbocycles. The summed E-state index contributed by atoms with van der Waals surface area (Å²) in [4.78, 5) is 2.39. The lowest BCUT2D eigenvalue weighted by Gasteiger charge is -2.35. The van der Waals surface area contributed by atoms with Gasteiger partial charge in [-0.2, -0.15) is 0 Å². The molecule has 10 aromatic rings. The summed E-state index contributed by atoms with van der Waals surface area (Å²) in [6, 6.07) is 86.7. The van der Waals surface area contributed by atoms with Gasteiger partial charge in [0, 0.05) is 17.1 Å². The summed E-state index contributed by atoms with van der Waals surface area (Å²) in [7, 11) is 0. The molecule has 0 unspecified atom stereocenters. The largest absolute Gasteiger partial charge is 0.310 e. The highest BCUT2D eigenvalue weighted by Gasteiger charge is 2.46. The van der Waals surface area contributed by atoms with E-state index in [1.165, 1.54) is 77.2 Å². The molecular formula is C57H39N. The number of fused-ring (bicyclic) bond motifs is 6. The number of hydrogen-bond donors (Lipinski definition) is 0. The molecule has 1 heteroatoms. The van der Waals surface area contributed by atoms with Crippen molar-refractivity contribution in [3.63, 3.8) is 0 Å². The van der Waals surface area contributed by atoms with Crippen molar-refractivity contribution in [3.8, 4) is 33.4 Å². The van der Waals surface area contributed by atoms with Gasteiger partial charge in [0.1, 0.15) is 0 Å². The Labute approximate surface area is 339 Å². The van der Waals surface area contributed by atoms with Crippen LogP contribution in [0, 0.1) is 0 Å². The molecule has 10 aromatic carbocycles. The maximum atomic E-state index is 2.44. The summed E-state index contributed by atoms with van der Waals surface area (Å²) in [6.45, 7) is 0. The second kappa shape index (κ2) is 13.9. The van der Waals surface area contributed by atoms with Gasteiger partial charge in [0.25, 0.3) is 0 Å². The molecule has 0 aliphatic heterocycles. The maximum Gasteiger partial charge on any atom is 0.0714 e. The SMILES string of the molecule is c1ccc(-c2ccc3c(ccc4cc(-c5ccc(N(c6ccccc6)c6ccc7c(c6)C(c6ccccc6)(c6ccccc6)c6ccccc6-7)cc5)ccc43)c2)cc1. The number of benzene rings is 10. The second-order valence-electron chi connectivity index (χ2n) is 15.3. The lowest BCUT2D eigenvalue weighted by Crippen LogP contribution is -2.28. The molecule has 1 nitrogen and oxygen atoms in total. The third-order valence-corrected chi connectivity index (χ3v) is 12.1. The van der Waals surface area contributed by atoms with Crippen LogP contribution in [0.25, 0.3) is 54.9 Å². The van der Waals surface area contributed by atoms with Gasteiger partial charge in [0.05, 0.1) is 5.41 Å². The minimum Gasteiger partial charge on any atom is -0.310 e. The van der Waals surface area contributed by atoms with Gasteiger partial charge in [-0.25, -0.2) is 0 Å². The monoisotopic (exact) mass is 737 g/mol. The molecule has 0 saturated heterocycles. The normalized spacial score (nSPS) is 12.6. The van der Waals surface area contributed by atoms with E-state index in [2.05, 4.69) is 241 Å². The summed E-state index contributed by atoms with van der Waals surface area (Å²) in [6.07, 6.45) is 0. The van der Waals surface area contributed by atoms with Crippen molar-refractivity contribution < 1.29 is 0 Å². The van der Waals surface area contributed by atoms with E-state index in [1.54, 1.807) is 0 Å². The van der Waals surface area contributed by atoms with E-state index < -0.39 is 5.41 Å². The van der Waals surface area contributed by atoms with Crippen molar-refractivity contribution in [1.82, 2.24) is 0 Å². The molecular weight excluding hydrogens is 699 g/mol. The summed E-state index contributed by atoms with van der Waals surface area (Å²) in [5, 5.41) is 5.05. The number of anilines is 3. The summed E-state index contributed by atoms with van der Waals surface area (Å²) >= 11 is 0. The van der Waals surface area contributed by atoms with E-state index in [-0.39, 0.29) is 0 Å². The van der Waals surface area contributed by atoms with Gasteiger partial charge in [-0.3, -0.25) is 0 Å². The Balaban J connectivity index is 1.01.